The van der Waals surface area contributed by atoms with Crippen molar-refractivity contribution in [3.8, 4) is 0 Å². The Balaban J connectivity index is 2.07. The molecule has 2 N–H and O–H groups in total. The van der Waals surface area contributed by atoms with Crippen LogP contribution in [0.1, 0.15) is 23.0 Å². The van der Waals surface area contributed by atoms with Crippen molar-refractivity contribution in [1.29, 1.82) is 0 Å². The lowest BCUT2D eigenvalue weighted by molar-refractivity contribution is -0.393. The van der Waals surface area contributed by atoms with Crippen molar-refractivity contribution < 1.29 is 23.0 Å². The Morgan fingerprint density at radius 2 is 1.83 bits per heavy atom. The number of benzene rings is 2. The van der Waals surface area contributed by atoms with Gasteiger partial charge in [-0.15, -0.1) is 0 Å². The largest absolute Gasteiger partial charge is 0.416 e. The van der Waals surface area contributed by atoms with E-state index in [1.165, 1.54) is 12.1 Å². The first kappa shape index (κ1) is 19.7. The normalized spacial score (nSPS) is 12.4. The van der Waals surface area contributed by atoms with Crippen LogP contribution in [-0.4, -0.2) is 25.0 Å². The lowest BCUT2D eigenvalue weighted by Gasteiger charge is -2.19. The quantitative estimate of drug-likeness (QED) is 0.466. The van der Waals surface area contributed by atoms with E-state index in [9.17, 15) is 33.4 Å². The molecule has 0 aliphatic carbocycles. The number of aromatic nitrogens is 3. The standard InChI is InChI=1S/C16H11F3N6O4/c17-16(18,19)10-3-1-2-9(6-10)14(15-20-8-21-23-15)22-12-5-4-11(24(26)27)7-13(12)25(28)29/h1-8,14,22H,(H,20,21,23)/t14-/m0/s1. The van der Waals surface area contributed by atoms with Gasteiger partial charge >= 0.3 is 6.18 Å². The van der Waals surface area contributed by atoms with E-state index in [1.54, 1.807) is 0 Å². The van der Waals surface area contributed by atoms with Gasteiger partial charge in [-0.3, -0.25) is 25.3 Å². The highest BCUT2D eigenvalue weighted by Gasteiger charge is 2.32. The molecule has 0 radical (unpaired) electrons. The Morgan fingerprint density at radius 3 is 2.41 bits per heavy atom. The number of nitrogens with zero attached hydrogens (tertiary/aromatic N) is 4. The Labute approximate surface area is 159 Å². The zero-order valence-corrected chi connectivity index (χ0v) is 14.3. The summed E-state index contributed by atoms with van der Waals surface area (Å²) < 4.78 is 39.2. The van der Waals surface area contributed by atoms with Crippen LogP contribution in [-0.2, 0) is 6.18 Å². The first-order valence-electron chi connectivity index (χ1n) is 7.88. The number of hydrogen-bond donors (Lipinski definition) is 2. The zero-order chi connectivity index (χ0) is 21.2. The number of anilines is 1. The van der Waals surface area contributed by atoms with Crippen molar-refractivity contribution in [2.24, 2.45) is 0 Å². The fourth-order valence-corrected chi connectivity index (χ4v) is 2.62. The van der Waals surface area contributed by atoms with Gasteiger partial charge in [-0.2, -0.15) is 18.3 Å². The molecule has 0 bridgehead atoms. The highest BCUT2D eigenvalue weighted by molar-refractivity contribution is 5.66. The second-order valence-electron chi connectivity index (χ2n) is 5.79. The second-order valence-corrected chi connectivity index (χ2v) is 5.79. The third-order valence-corrected chi connectivity index (χ3v) is 3.94. The number of aromatic amines is 1. The fourth-order valence-electron chi connectivity index (χ4n) is 2.62. The molecule has 0 aliphatic rings. The average molecular weight is 408 g/mol. The summed E-state index contributed by atoms with van der Waals surface area (Å²) in [6, 6.07) is 6.16. The third kappa shape index (κ3) is 4.28. The Morgan fingerprint density at radius 1 is 1.07 bits per heavy atom. The molecule has 3 rings (SSSR count). The SMILES string of the molecule is O=[N+]([O-])c1ccc(N[C@@H](c2cccc(C(F)(F)F)c2)c2ncn[nH]2)c([N+](=O)[O-])c1. The van der Waals surface area contributed by atoms with E-state index in [0.29, 0.717) is 0 Å². The van der Waals surface area contributed by atoms with Crippen molar-refractivity contribution in [2.75, 3.05) is 5.32 Å². The van der Waals surface area contributed by atoms with Gasteiger partial charge in [0, 0.05) is 6.07 Å². The Bertz CT molecular complexity index is 1060. The molecule has 0 spiro atoms. The number of H-pyrrole nitrogens is 1. The van der Waals surface area contributed by atoms with Crippen LogP contribution in [0.15, 0.2) is 48.8 Å². The van der Waals surface area contributed by atoms with Crippen molar-refractivity contribution in [1.82, 2.24) is 15.2 Å². The third-order valence-electron chi connectivity index (χ3n) is 3.94. The first-order valence-corrected chi connectivity index (χ1v) is 7.88. The van der Waals surface area contributed by atoms with Crippen LogP contribution in [0.3, 0.4) is 0 Å². The minimum Gasteiger partial charge on any atom is -0.366 e. The van der Waals surface area contributed by atoms with Gasteiger partial charge in [0.05, 0.1) is 21.5 Å². The molecule has 1 heterocycles. The number of nitro groups is 2. The van der Waals surface area contributed by atoms with Crippen molar-refractivity contribution in [3.63, 3.8) is 0 Å². The molecule has 29 heavy (non-hydrogen) atoms. The van der Waals surface area contributed by atoms with Gasteiger partial charge in [0.25, 0.3) is 11.4 Å². The number of alkyl halides is 3. The molecular weight excluding hydrogens is 397 g/mol. The van der Waals surface area contributed by atoms with Gasteiger partial charge in [0.15, 0.2) is 5.82 Å². The molecule has 0 fully saturated rings. The summed E-state index contributed by atoms with van der Waals surface area (Å²) in [4.78, 5) is 24.5. The maximum absolute atomic E-state index is 13.1. The molecule has 0 saturated heterocycles. The Kier molecular flexibility index (Phi) is 5.12. The molecule has 13 heteroatoms. The molecule has 0 saturated carbocycles. The molecule has 0 unspecified atom stereocenters. The monoisotopic (exact) mass is 408 g/mol. The number of nitrogens with one attached hydrogen (secondary N) is 2. The maximum atomic E-state index is 13.1. The van der Waals surface area contributed by atoms with Crippen molar-refractivity contribution >= 4 is 17.1 Å². The molecule has 1 aromatic heterocycles. The summed E-state index contributed by atoms with van der Waals surface area (Å²) in [6.07, 6.45) is -3.47. The van der Waals surface area contributed by atoms with Gasteiger partial charge in [0.2, 0.25) is 0 Å². The predicted octanol–water partition coefficient (Wildman–Crippen LogP) is 3.84. The highest BCUT2D eigenvalue weighted by Crippen LogP contribution is 2.35. The van der Waals surface area contributed by atoms with Gasteiger partial charge in [-0.1, -0.05) is 12.1 Å². The topological polar surface area (TPSA) is 140 Å². The number of nitro benzene ring substituents is 2. The van der Waals surface area contributed by atoms with Gasteiger partial charge in [-0.25, -0.2) is 4.98 Å². The lowest BCUT2D eigenvalue weighted by atomic mass is 10.0. The van der Waals surface area contributed by atoms with E-state index in [2.05, 4.69) is 20.5 Å². The van der Waals surface area contributed by atoms with E-state index in [1.807, 2.05) is 0 Å². The van der Waals surface area contributed by atoms with E-state index in [0.717, 1.165) is 36.7 Å². The van der Waals surface area contributed by atoms with Gasteiger partial charge in [-0.05, 0) is 23.8 Å². The zero-order valence-electron chi connectivity index (χ0n) is 14.3. The van der Waals surface area contributed by atoms with Crippen LogP contribution in [0.2, 0.25) is 0 Å². The molecule has 0 amide bonds. The molecular formula is C16H11F3N6O4. The highest BCUT2D eigenvalue weighted by atomic mass is 19.4. The van der Waals surface area contributed by atoms with Crippen LogP contribution in [0.5, 0.6) is 0 Å². The summed E-state index contributed by atoms with van der Waals surface area (Å²) in [7, 11) is 0. The summed E-state index contributed by atoms with van der Waals surface area (Å²) in [5, 5.41) is 31.1. The van der Waals surface area contributed by atoms with Crippen LogP contribution in [0.25, 0.3) is 0 Å². The summed E-state index contributed by atoms with van der Waals surface area (Å²) in [6.45, 7) is 0. The molecule has 0 aliphatic heterocycles. The van der Waals surface area contributed by atoms with E-state index in [4.69, 9.17) is 0 Å². The lowest BCUT2D eigenvalue weighted by Crippen LogP contribution is -2.16. The summed E-state index contributed by atoms with van der Waals surface area (Å²) in [5.74, 6) is 0.0944. The Hall–Kier alpha value is -4.03. The minimum absolute atomic E-state index is 0.0944. The maximum Gasteiger partial charge on any atom is 0.416 e. The number of halogens is 3. The van der Waals surface area contributed by atoms with Crippen molar-refractivity contribution in [2.45, 2.75) is 12.2 Å². The van der Waals surface area contributed by atoms with Crippen molar-refractivity contribution in [3.05, 3.63) is 86.0 Å². The fraction of sp³-hybridized carbons (Fsp3) is 0.125. The summed E-state index contributed by atoms with van der Waals surface area (Å²) >= 11 is 0. The number of hydrogen-bond acceptors (Lipinski definition) is 7. The van der Waals surface area contributed by atoms with E-state index >= 15 is 0 Å². The van der Waals surface area contributed by atoms with Crippen LogP contribution < -0.4 is 5.32 Å². The predicted molar refractivity (Wildman–Crippen MR) is 93.0 cm³/mol. The summed E-state index contributed by atoms with van der Waals surface area (Å²) in [5.41, 5.74) is -2.07. The van der Waals surface area contributed by atoms with Gasteiger partial charge < -0.3 is 5.32 Å². The molecule has 2 aromatic carbocycles. The molecule has 1 atom stereocenters. The van der Waals surface area contributed by atoms with E-state index in [-0.39, 0.29) is 17.1 Å². The smallest absolute Gasteiger partial charge is 0.366 e. The molecule has 10 nitrogen and oxygen atoms in total. The van der Waals surface area contributed by atoms with Crippen LogP contribution in [0, 0.1) is 20.2 Å². The number of non-ortho nitro benzene ring substituents is 1. The van der Waals surface area contributed by atoms with E-state index < -0.39 is 39.0 Å². The van der Waals surface area contributed by atoms with Crippen LogP contribution >= 0.6 is 0 Å². The van der Waals surface area contributed by atoms with Crippen LogP contribution in [0.4, 0.5) is 30.2 Å². The van der Waals surface area contributed by atoms with Gasteiger partial charge in [0.1, 0.15) is 18.1 Å². The molecule has 150 valence electrons. The first-order chi connectivity index (χ1) is 13.7. The molecule has 3 aromatic rings. The minimum atomic E-state index is -4.60. The second kappa shape index (κ2) is 7.53. The number of rotatable bonds is 6. The average Bonchev–Trinajstić information content (AvgIpc) is 3.19.